The molecule has 2 amide bonds. The lowest BCUT2D eigenvalue weighted by Gasteiger charge is -2.31. The quantitative estimate of drug-likeness (QED) is 0.736. The summed E-state index contributed by atoms with van der Waals surface area (Å²) in [5, 5.41) is 7.60. The molecule has 7 nitrogen and oxygen atoms in total. The topological polar surface area (TPSA) is 84.7 Å². The van der Waals surface area contributed by atoms with Crippen LogP contribution in [0.2, 0.25) is 0 Å². The Balaban J connectivity index is 0.00000171. The number of hydrogen-bond acceptors (Lipinski definition) is 5. The van der Waals surface area contributed by atoms with Crippen LogP contribution in [0.5, 0.6) is 0 Å². The Morgan fingerprint density at radius 1 is 1.23 bits per heavy atom. The van der Waals surface area contributed by atoms with Crippen molar-refractivity contribution in [3.63, 3.8) is 0 Å². The Bertz CT molecular complexity index is 927. The van der Waals surface area contributed by atoms with Crippen LogP contribution in [0.3, 0.4) is 0 Å². The number of benzene rings is 1. The van der Waals surface area contributed by atoms with Crippen molar-refractivity contribution in [1.29, 1.82) is 0 Å². The summed E-state index contributed by atoms with van der Waals surface area (Å²) in [5.74, 6) is 1.20. The maximum absolute atomic E-state index is 12.8. The molecule has 2 aliphatic rings. The number of hydrogen-bond donors (Lipinski definition) is 1. The van der Waals surface area contributed by atoms with E-state index in [2.05, 4.69) is 17.4 Å². The van der Waals surface area contributed by atoms with E-state index in [1.54, 1.807) is 6.07 Å². The minimum atomic E-state index is -0.546. The fourth-order valence-corrected chi connectivity index (χ4v) is 4.87. The zero-order valence-corrected chi connectivity index (χ0v) is 20.5. The molecule has 1 aliphatic heterocycles. The van der Waals surface area contributed by atoms with Crippen molar-refractivity contribution in [1.82, 2.24) is 15.4 Å². The highest BCUT2D eigenvalue weighted by atomic mass is 32.1. The molecule has 1 aliphatic carbocycles. The highest BCUT2D eigenvalue weighted by Gasteiger charge is 2.49. The molecular formula is C22H33N3O4S2. The number of likely N-dealkylation sites (tertiary alicyclic amines) is 1. The summed E-state index contributed by atoms with van der Waals surface area (Å²) in [6.07, 6.45) is 1.88. The van der Waals surface area contributed by atoms with Crippen LogP contribution < -0.4 is 5.32 Å². The van der Waals surface area contributed by atoms with Crippen molar-refractivity contribution in [2.45, 2.75) is 52.2 Å². The van der Waals surface area contributed by atoms with E-state index in [0.29, 0.717) is 41.8 Å². The standard InChI is InChI=1S/C22H29N3O4.2H2S/c1-13-9-14-12-25(21(27)28-22(2,3)4)17(16(14)10-13)11-23-20(26)19-15-7-5-6-8-18(15)29-24-19;;/h5-8,13-14,16-17H,9-12H2,1-4H3,(H,23,26);2*1H2/t13?,14-,16-,17+;;/m0../s1. The zero-order chi connectivity index (χ0) is 20.8. The Morgan fingerprint density at radius 3 is 2.65 bits per heavy atom. The fourth-order valence-electron chi connectivity index (χ4n) is 4.87. The van der Waals surface area contributed by atoms with E-state index in [1.807, 2.05) is 43.9 Å². The summed E-state index contributed by atoms with van der Waals surface area (Å²) < 4.78 is 10.9. The second-order valence-electron chi connectivity index (χ2n) is 9.44. The molecule has 0 bridgehead atoms. The van der Waals surface area contributed by atoms with Gasteiger partial charge in [-0.3, -0.25) is 4.79 Å². The van der Waals surface area contributed by atoms with Gasteiger partial charge in [-0.1, -0.05) is 24.2 Å². The van der Waals surface area contributed by atoms with Gasteiger partial charge in [0.1, 0.15) is 5.60 Å². The number of para-hydroxylation sites is 1. The summed E-state index contributed by atoms with van der Waals surface area (Å²) in [6, 6.07) is 7.22. The molecule has 4 rings (SSSR count). The fraction of sp³-hybridized carbons (Fsp3) is 0.591. The van der Waals surface area contributed by atoms with Gasteiger partial charge < -0.3 is 19.5 Å². The third-order valence-electron chi connectivity index (χ3n) is 6.00. The second-order valence-corrected chi connectivity index (χ2v) is 9.44. The number of fused-ring (bicyclic) bond motifs is 2. The smallest absolute Gasteiger partial charge is 0.410 e. The van der Waals surface area contributed by atoms with Gasteiger partial charge in [0.15, 0.2) is 11.3 Å². The van der Waals surface area contributed by atoms with E-state index >= 15 is 0 Å². The molecule has 1 unspecified atom stereocenters. The monoisotopic (exact) mass is 467 g/mol. The number of aromatic nitrogens is 1. The molecule has 1 N–H and O–H groups in total. The average molecular weight is 468 g/mol. The van der Waals surface area contributed by atoms with Crippen LogP contribution in [0.25, 0.3) is 11.0 Å². The third-order valence-corrected chi connectivity index (χ3v) is 6.00. The molecule has 1 aromatic carbocycles. The van der Waals surface area contributed by atoms with Crippen LogP contribution >= 0.6 is 27.0 Å². The lowest BCUT2D eigenvalue weighted by Crippen LogP contribution is -2.47. The third kappa shape index (κ3) is 5.31. The minimum Gasteiger partial charge on any atom is -0.444 e. The number of carbonyl (C=O) groups is 2. The van der Waals surface area contributed by atoms with Crippen molar-refractivity contribution >= 4 is 50.0 Å². The summed E-state index contributed by atoms with van der Waals surface area (Å²) in [5.41, 5.74) is 0.313. The van der Waals surface area contributed by atoms with E-state index in [-0.39, 0.29) is 50.7 Å². The van der Waals surface area contributed by atoms with Gasteiger partial charge in [-0.2, -0.15) is 27.0 Å². The first-order chi connectivity index (χ1) is 13.7. The highest BCUT2D eigenvalue weighted by molar-refractivity contribution is 7.59. The van der Waals surface area contributed by atoms with Crippen LogP contribution in [-0.4, -0.2) is 46.8 Å². The molecule has 1 saturated carbocycles. The molecular weight excluding hydrogens is 434 g/mol. The van der Waals surface area contributed by atoms with Gasteiger partial charge in [0.05, 0.1) is 11.4 Å². The predicted octanol–water partition coefficient (Wildman–Crippen LogP) is 4.06. The maximum Gasteiger partial charge on any atom is 0.410 e. The lowest BCUT2D eigenvalue weighted by atomic mass is 9.94. The van der Waals surface area contributed by atoms with Gasteiger partial charge in [0.25, 0.3) is 5.91 Å². The van der Waals surface area contributed by atoms with Gasteiger partial charge in [-0.05, 0) is 63.5 Å². The van der Waals surface area contributed by atoms with Crippen molar-refractivity contribution in [3.8, 4) is 0 Å². The van der Waals surface area contributed by atoms with Crippen LogP contribution in [0.4, 0.5) is 4.79 Å². The molecule has 172 valence electrons. The number of nitrogens with zero attached hydrogens (tertiary/aromatic N) is 2. The molecule has 9 heteroatoms. The van der Waals surface area contributed by atoms with Gasteiger partial charge in [-0.25, -0.2) is 4.79 Å². The van der Waals surface area contributed by atoms with E-state index < -0.39 is 5.60 Å². The predicted molar refractivity (Wildman–Crippen MR) is 129 cm³/mol. The number of amides is 2. The van der Waals surface area contributed by atoms with Crippen LogP contribution in [0.15, 0.2) is 28.8 Å². The van der Waals surface area contributed by atoms with Crippen LogP contribution in [0, 0.1) is 17.8 Å². The van der Waals surface area contributed by atoms with Crippen molar-refractivity contribution in [2.24, 2.45) is 17.8 Å². The molecule has 2 heterocycles. The molecule has 2 aromatic rings. The molecule has 0 radical (unpaired) electrons. The average Bonchev–Trinajstić information content (AvgIpc) is 3.30. The first-order valence-electron chi connectivity index (χ1n) is 10.3. The Hall–Kier alpha value is -1.87. The van der Waals surface area contributed by atoms with Crippen LogP contribution in [0.1, 0.15) is 51.0 Å². The number of rotatable bonds is 3. The molecule has 31 heavy (non-hydrogen) atoms. The first kappa shape index (κ1) is 25.4. The van der Waals surface area contributed by atoms with Gasteiger partial charge in [0.2, 0.25) is 0 Å². The van der Waals surface area contributed by atoms with Crippen molar-refractivity contribution in [2.75, 3.05) is 13.1 Å². The summed E-state index contributed by atoms with van der Waals surface area (Å²) in [7, 11) is 0. The normalized spacial score (nSPS) is 24.8. The largest absolute Gasteiger partial charge is 0.444 e. The molecule has 1 aromatic heterocycles. The van der Waals surface area contributed by atoms with E-state index in [1.165, 1.54) is 0 Å². The van der Waals surface area contributed by atoms with Gasteiger partial charge >= 0.3 is 6.09 Å². The Kier molecular flexibility index (Phi) is 7.97. The minimum absolute atomic E-state index is 0. The lowest BCUT2D eigenvalue weighted by molar-refractivity contribution is 0.0196. The summed E-state index contributed by atoms with van der Waals surface area (Å²) >= 11 is 0. The highest BCUT2D eigenvalue weighted by Crippen LogP contribution is 2.45. The van der Waals surface area contributed by atoms with E-state index in [9.17, 15) is 9.59 Å². The maximum atomic E-state index is 12.8. The van der Waals surface area contributed by atoms with Crippen molar-refractivity contribution in [3.05, 3.63) is 30.0 Å². The molecule has 2 fully saturated rings. The molecule has 0 spiro atoms. The SMILES string of the molecule is CC1C[C@H]2CN(C(=O)OC(C)(C)C)[C@H](CNC(=O)c3noc4ccccc34)[C@H]2C1.S.S. The molecule has 4 atom stereocenters. The first-order valence-corrected chi connectivity index (χ1v) is 10.3. The summed E-state index contributed by atoms with van der Waals surface area (Å²) in [4.78, 5) is 27.4. The van der Waals surface area contributed by atoms with Gasteiger partial charge in [0, 0.05) is 13.1 Å². The Labute approximate surface area is 197 Å². The Morgan fingerprint density at radius 2 is 1.94 bits per heavy atom. The number of nitrogens with one attached hydrogen (secondary N) is 1. The second kappa shape index (κ2) is 9.73. The van der Waals surface area contributed by atoms with E-state index in [0.717, 1.165) is 12.8 Å². The van der Waals surface area contributed by atoms with Gasteiger partial charge in [-0.15, -0.1) is 0 Å². The number of carbonyl (C=O) groups excluding carboxylic acids is 2. The summed E-state index contributed by atoms with van der Waals surface area (Å²) in [6.45, 7) is 8.95. The van der Waals surface area contributed by atoms with Crippen LogP contribution in [-0.2, 0) is 4.74 Å². The zero-order valence-electron chi connectivity index (χ0n) is 18.5. The molecule has 1 saturated heterocycles. The van der Waals surface area contributed by atoms with E-state index in [4.69, 9.17) is 9.26 Å². The number of ether oxygens (including phenoxy) is 1. The van der Waals surface area contributed by atoms with Crippen molar-refractivity contribution < 1.29 is 18.8 Å².